The van der Waals surface area contributed by atoms with E-state index in [0.29, 0.717) is 11.5 Å². The maximum atomic E-state index is 5.56. The molecule has 2 fully saturated rings. The van der Waals surface area contributed by atoms with Crippen molar-refractivity contribution in [1.29, 1.82) is 0 Å². The van der Waals surface area contributed by atoms with E-state index in [-0.39, 0.29) is 12.4 Å². The van der Waals surface area contributed by atoms with Crippen LogP contribution in [-0.2, 0) is 4.74 Å². The van der Waals surface area contributed by atoms with Gasteiger partial charge in [0, 0.05) is 19.1 Å². The highest BCUT2D eigenvalue weighted by molar-refractivity contribution is 5.85. The number of rotatable bonds is 1. The molecule has 0 bridgehead atoms. The van der Waals surface area contributed by atoms with E-state index in [1.165, 1.54) is 45.2 Å². The first kappa shape index (κ1) is 11.3. The molecular weight excluding hydrogens is 186 g/mol. The summed E-state index contributed by atoms with van der Waals surface area (Å²) in [5.74, 6) is 0. The van der Waals surface area contributed by atoms with E-state index in [9.17, 15) is 0 Å². The van der Waals surface area contributed by atoms with Crippen molar-refractivity contribution in [3.05, 3.63) is 0 Å². The molecule has 0 unspecified atom stereocenters. The molecule has 1 aliphatic heterocycles. The summed E-state index contributed by atoms with van der Waals surface area (Å²) in [7, 11) is 1.87. The van der Waals surface area contributed by atoms with Gasteiger partial charge in [-0.2, -0.15) is 0 Å². The van der Waals surface area contributed by atoms with Gasteiger partial charge in [-0.3, -0.25) is 0 Å². The summed E-state index contributed by atoms with van der Waals surface area (Å²) in [5.41, 5.74) is 0.507. The molecule has 3 heteroatoms. The van der Waals surface area contributed by atoms with Crippen LogP contribution in [0.25, 0.3) is 0 Å². The quantitative estimate of drug-likeness (QED) is 0.707. The van der Waals surface area contributed by atoms with E-state index >= 15 is 0 Å². The summed E-state index contributed by atoms with van der Waals surface area (Å²) in [4.78, 5) is 0. The van der Waals surface area contributed by atoms with Gasteiger partial charge in [-0.25, -0.2) is 0 Å². The van der Waals surface area contributed by atoms with Gasteiger partial charge in [0.15, 0.2) is 0 Å². The Hall–Kier alpha value is 0.210. The number of methoxy groups -OCH3 is 1. The van der Waals surface area contributed by atoms with Crippen LogP contribution in [-0.4, -0.2) is 26.3 Å². The zero-order chi connectivity index (χ0) is 8.44. The standard InChI is InChI=1S/C10H19NO.ClH/c1-12-9-4-2-5-10(9)6-3-7-11-8-10;/h9,11H,2-8H2,1H3;1H/t9-,10-;/m1./s1. The van der Waals surface area contributed by atoms with Crippen molar-refractivity contribution in [2.24, 2.45) is 5.41 Å². The summed E-state index contributed by atoms with van der Waals surface area (Å²) >= 11 is 0. The monoisotopic (exact) mass is 205 g/mol. The van der Waals surface area contributed by atoms with E-state index in [0.717, 1.165) is 0 Å². The van der Waals surface area contributed by atoms with Gasteiger partial charge in [-0.15, -0.1) is 12.4 Å². The van der Waals surface area contributed by atoms with Crippen LogP contribution in [0.3, 0.4) is 0 Å². The largest absolute Gasteiger partial charge is 0.381 e. The van der Waals surface area contributed by atoms with Gasteiger partial charge in [0.1, 0.15) is 0 Å². The third kappa shape index (κ3) is 2.00. The number of hydrogen-bond donors (Lipinski definition) is 1. The Balaban J connectivity index is 0.000000845. The molecule has 1 saturated heterocycles. The molecule has 2 rings (SSSR count). The van der Waals surface area contributed by atoms with Crippen molar-refractivity contribution in [3.8, 4) is 0 Å². The number of hydrogen-bond acceptors (Lipinski definition) is 2. The molecule has 2 nitrogen and oxygen atoms in total. The zero-order valence-corrected chi connectivity index (χ0v) is 9.16. The smallest absolute Gasteiger partial charge is 0.0639 e. The average Bonchev–Trinajstić information content (AvgIpc) is 2.49. The van der Waals surface area contributed by atoms with Crippen molar-refractivity contribution in [3.63, 3.8) is 0 Å². The molecule has 0 aromatic rings. The van der Waals surface area contributed by atoms with Gasteiger partial charge < -0.3 is 10.1 Å². The van der Waals surface area contributed by atoms with Crippen molar-refractivity contribution in [2.75, 3.05) is 20.2 Å². The number of piperidine rings is 1. The van der Waals surface area contributed by atoms with Crippen LogP contribution in [0, 0.1) is 5.41 Å². The lowest BCUT2D eigenvalue weighted by Gasteiger charge is -2.38. The molecule has 13 heavy (non-hydrogen) atoms. The number of nitrogens with one attached hydrogen (secondary N) is 1. The summed E-state index contributed by atoms with van der Waals surface area (Å²) in [5, 5.41) is 3.50. The first-order chi connectivity index (χ1) is 5.87. The van der Waals surface area contributed by atoms with E-state index < -0.39 is 0 Å². The summed E-state index contributed by atoms with van der Waals surface area (Å²) < 4.78 is 5.56. The SMILES string of the molecule is CO[C@@H]1CCC[C@]12CCCNC2.Cl. The van der Waals surface area contributed by atoms with Crippen molar-refractivity contribution < 1.29 is 4.74 Å². The molecule has 0 aromatic carbocycles. The number of halogens is 1. The molecule has 2 aliphatic rings. The van der Waals surface area contributed by atoms with Crippen LogP contribution in [0.5, 0.6) is 0 Å². The van der Waals surface area contributed by atoms with Gasteiger partial charge in [0.25, 0.3) is 0 Å². The highest BCUT2D eigenvalue weighted by atomic mass is 35.5. The fourth-order valence-electron chi connectivity index (χ4n) is 2.95. The topological polar surface area (TPSA) is 21.3 Å². The van der Waals surface area contributed by atoms with Crippen molar-refractivity contribution >= 4 is 12.4 Å². The molecule has 0 amide bonds. The van der Waals surface area contributed by atoms with Crippen LogP contribution in [0.4, 0.5) is 0 Å². The second-order valence-corrected chi connectivity index (χ2v) is 4.26. The minimum atomic E-state index is 0. The fraction of sp³-hybridized carbons (Fsp3) is 1.00. The van der Waals surface area contributed by atoms with E-state index in [1.807, 2.05) is 7.11 Å². The lowest BCUT2D eigenvalue weighted by Crippen LogP contribution is -2.45. The second-order valence-electron chi connectivity index (χ2n) is 4.26. The van der Waals surface area contributed by atoms with Gasteiger partial charge in [-0.05, 0) is 32.2 Å². The molecule has 1 heterocycles. The molecule has 0 aromatic heterocycles. The first-order valence-corrected chi connectivity index (χ1v) is 5.11. The summed E-state index contributed by atoms with van der Waals surface area (Å²) in [6.07, 6.45) is 7.25. The van der Waals surface area contributed by atoms with E-state index in [4.69, 9.17) is 4.74 Å². The van der Waals surface area contributed by atoms with Crippen LogP contribution >= 0.6 is 12.4 Å². The van der Waals surface area contributed by atoms with Gasteiger partial charge in [0.05, 0.1) is 6.10 Å². The average molecular weight is 206 g/mol. The molecule has 2 atom stereocenters. The van der Waals surface area contributed by atoms with E-state index in [1.54, 1.807) is 0 Å². The van der Waals surface area contributed by atoms with Crippen LogP contribution < -0.4 is 5.32 Å². The highest BCUT2D eigenvalue weighted by Gasteiger charge is 2.43. The molecule has 1 spiro atoms. The second kappa shape index (κ2) is 4.63. The lowest BCUT2D eigenvalue weighted by atomic mass is 9.77. The first-order valence-electron chi connectivity index (χ1n) is 5.11. The minimum absolute atomic E-state index is 0. The Morgan fingerprint density at radius 1 is 1.31 bits per heavy atom. The molecule has 0 radical (unpaired) electrons. The molecule has 1 saturated carbocycles. The Bertz CT molecular complexity index is 157. The number of ether oxygens (including phenoxy) is 1. The van der Waals surface area contributed by atoms with Crippen LogP contribution in [0.15, 0.2) is 0 Å². The predicted octanol–water partition coefficient (Wildman–Crippen LogP) is 1.98. The fourth-order valence-corrected chi connectivity index (χ4v) is 2.95. The molecule has 1 N–H and O–H groups in total. The Morgan fingerprint density at radius 3 is 2.69 bits per heavy atom. The molecular formula is C10H20ClNO. The summed E-state index contributed by atoms with van der Waals surface area (Å²) in [6, 6.07) is 0. The summed E-state index contributed by atoms with van der Waals surface area (Å²) in [6.45, 7) is 2.39. The van der Waals surface area contributed by atoms with Crippen molar-refractivity contribution in [1.82, 2.24) is 5.32 Å². The normalized spacial score (nSPS) is 39.0. The molecule has 78 valence electrons. The Labute approximate surface area is 86.8 Å². The van der Waals surface area contributed by atoms with Gasteiger partial charge >= 0.3 is 0 Å². The predicted molar refractivity (Wildman–Crippen MR) is 56.4 cm³/mol. The van der Waals surface area contributed by atoms with Crippen LogP contribution in [0.2, 0.25) is 0 Å². The van der Waals surface area contributed by atoms with Gasteiger partial charge in [0.2, 0.25) is 0 Å². The third-order valence-electron chi connectivity index (χ3n) is 3.61. The van der Waals surface area contributed by atoms with Gasteiger partial charge in [-0.1, -0.05) is 6.42 Å². The Morgan fingerprint density at radius 2 is 2.08 bits per heavy atom. The minimum Gasteiger partial charge on any atom is -0.381 e. The maximum Gasteiger partial charge on any atom is 0.0639 e. The zero-order valence-electron chi connectivity index (χ0n) is 8.34. The van der Waals surface area contributed by atoms with Crippen molar-refractivity contribution in [2.45, 2.75) is 38.2 Å². The lowest BCUT2D eigenvalue weighted by molar-refractivity contribution is -0.00325. The Kier molecular flexibility index (Phi) is 4.02. The van der Waals surface area contributed by atoms with E-state index in [2.05, 4.69) is 5.32 Å². The molecule has 1 aliphatic carbocycles. The maximum absolute atomic E-state index is 5.56. The van der Waals surface area contributed by atoms with Crippen LogP contribution in [0.1, 0.15) is 32.1 Å². The third-order valence-corrected chi connectivity index (χ3v) is 3.61. The highest BCUT2D eigenvalue weighted by Crippen LogP contribution is 2.44.